The van der Waals surface area contributed by atoms with Gasteiger partial charge in [0.2, 0.25) is 11.8 Å². The number of aromatic nitrogens is 3. The zero-order valence-corrected chi connectivity index (χ0v) is 27.5. The van der Waals surface area contributed by atoms with Crippen LogP contribution in [0.3, 0.4) is 0 Å². The van der Waals surface area contributed by atoms with E-state index in [0.29, 0.717) is 23.7 Å². The highest BCUT2D eigenvalue weighted by atomic mass is 19.4. The fourth-order valence-corrected chi connectivity index (χ4v) is 7.58. The number of nitrogens with zero attached hydrogens (tertiary/aromatic N) is 5. The van der Waals surface area contributed by atoms with Crippen molar-refractivity contribution in [3.63, 3.8) is 0 Å². The largest absolute Gasteiger partial charge is 0.433 e. The molecule has 3 aliphatic rings. The maximum absolute atomic E-state index is 13.3. The number of halogens is 3. The minimum Gasteiger partial charge on any atom is -0.396 e. The van der Waals surface area contributed by atoms with Crippen LogP contribution in [0.1, 0.15) is 44.2 Å². The van der Waals surface area contributed by atoms with E-state index in [9.17, 15) is 27.9 Å². The van der Waals surface area contributed by atoms with Gasteiger partial charge in [-0.25, -0.2) is 4.98 Å². The molecule has 4 aromatic rings. The Morgan fingerprint density at radius 2 is 1.71 bits per heavy atom. The van der Waals surface area contributed by atoms with Crippen LogP contribution in [0, 0.1) is 11.8 Å². The van der Waals surface area contributed by atoms with Crippen molar-refractivity contribution < 1.29 is 32.6 Å². The fourth-order valence-electron chi connectivity index (χ4n) is 7.58. The third-order valence-electron chi connectivity index (χ3n) is 10.5. The number of aliphatic hydroxyl groups excluding tert-OH is 1. The molecule has 3 fully saturated rings. The minimum absolute atomic E-state index is 0.0412. The third kappa shape index (κ3) is 7.01. The van der Waals surface area contributed by atoms with E-state index in [-0.39, 0.29) is 42.5 Å². The maximum Gasteiger partial charge on any atom is 0.433 e. The Morgan fingerprint density at radius 1 is 0.959 bits per heavy atom. The highest BCUT2D eigenvalue weighted by Crippen LogP contribution is 2.35. The third-order valence-corrected chi connectivity index (χ3v) is 10.5. The number of nitrogens with one attached hydrogen (secondary N) is 1. The molecule has 0 bridgehead atoms. The summed E-state index contributed by atoms with van der Waals surface area (Å²) in [6.07, 6.45) is 3.50. The lowest BCUT2D eigenvalue weighted by Crippen LogP contribution is -2.54. The van der Waals surface area contributed by atoms with Crippen LogP contribution in [0.2, 0.25) is 0 Å². The molecule has 13 heteroatoms. The first-order chi connectivity index (χ1) is 23.6. The molecule has 0 aliphatic carbocycles. The monoisotopic (exact) mass is 678 g/mol. The van der Waals surface area contributed by atoms with Crippen LogP contribution < -0.4 is 10.2 Å². The van der Waals surface area contributed by atoms with Crippen molar-refractivity contribution in [2.75, 3.05) is 44.2 Å². The van der Waals surface area contributed by atoms with Crippen LogP contribution in [0.4, 0.5) is 19.0 Å². The Kier molecular flexibility index (Phi) is 9.33. The lowest BCUT2D eigenvalue weighted by atomic mass is 9.83. The number of alkyl halides is 3. The number of amides is 2. The summed E-state index contributed by atoms with van der Waals surface area (Å²) in [4.78, 5) is 36.6. The topological polar surface area (TPSA) is 113 Å². The molecule has 1 aromatic carbocycles. The number of benzene rings is 1. The maximum atomic E-state index is 13.3. The molecular weight excluding hydrogens is 637 g/mol. The number of aliphatic hydroxyl groups is 1. The molecule has 2 N–H and O–H groups in total. The summed E-state index contributed by atoms with van der Waals surface area (Å²) in [5.74, 6) is 0.00919. The molecule has 10 nitrogen and oxygen atoms in total. The summed E-state index contributed by atoms with van der Waals surface area (Å²) >= 11 is 0. The quantitative estimate of drug-likeness (QED) is 0.228. The molecular formula is C36H41F3N6O4. The Balaban J connectivity index is 0.866. The molecule has 3 saturated heterocycles. The normalized spacial score (nSPS) is 20.6. The van der Waals surface area contributed by atoms with Gasteiger partial charge in [0.25, 0.3) is 0 Å². The van der Waals surface area contributed by atoms with Crippen molar-refractivity contribution in [3.05, 3.63) is 54.5 Å². The van der Waals surface area contributed by atoms with Crippen LogP contribution in [-0.4, -0.2) is 87.9 Å². The summed E-state index contributed by atoms with van der Waals surface area (Å²) in [6.45, 7) is 4.37. The SMILES string of the molecule is Cn1c2cc(-c3ccc(N4CC(OC5CCN(CCCC(CO)C6CCC(=O)NC6=O)CC5)C4)nc3)ccc2c2cnc(C(F)(F)F)cc21. The van der Waals surface area contributed by atoms with Gasteiger partial charge in [-0.05, 0) is 74.4 Å². The number of aryl methyl sites for hydroxylation is 1. The fraction of sp³-hybridized carbons (Fsp3) is 0.500. The van der Waals surface area contributed by atoms with Crippen LogP contribution in [0.5, 0.6) is 0 Å². The predicted molar refractivity (Wildman–Crippen MR) is 179 cm³/mol. The smallest absolute Gasteiger partial charge is 0.396 e. The Bertz CT molecular complexity index is 1830. The van der Waals surface area contributed by atoms with Gasteiger partial charge in [-0.3, -0.25) is 19.9 Å². The Morgan fingerprint density at radius 3 is 2.41 bits per heavy atom. The standard InChI is InChI=1S/C36H41F3N6O4/c1-43-30-15-22(4-6-28(30)29-18-40-32(16-31(29)43)36(37,38)39)23-5-8-33(41-17-23)45-19-26(20-45)49-25-10-13-44(14-11-25)12-2-3-24(21-46)27-7-9-34(47)42-35(27)48/h4-6,8,15-18,24-27,46H,2-3,7,9-14,19-21H2,1H3,(H,42,47,48). The molecule has 3 aromatic heterocycles. The molecule has 0 radical (unpaired) electrons. The number of carbonyl (C=O) groups is 2. The highest BCUT2D eigenvalue weighted by molar-refractivity contribution is 6.08. The first-order valence-corrected chi connectivity index (χ1v) is 17.1. The number of likely N-dealkylation sites (tertiary alicyclic amines) is 1. The number of piperidine rings is 2. The van der Waals surface area contributed by atoms with Gasteiger partial charge in [0.1, 0.15) is 11.5 Å². The molecule has 49 heavy (non-hydrogen) atoms. The van der Waals surface area contributed by atoms with Gasteiger partial charge < -0.3 is 24.2 Å². The molecule has 3 aliphatic heterocycles. The van der Waals surface area contributed by atoms with Gasteiger partial charge in [-0.1, -0.05) is 12.1 Å². The number of hydrogen-bond acceptors (Lipinski definition) is 8. The first-order valence-electron chi connectivity index (χ1n) is 17.1. The summed E-state index contributed by atoms with van der Waals surface area (Å²) in [6, 6.07) is 11.0. The average molecular weight is 679 g/mol. The molecule has 2 atom stereocenters. The Labute approximate surface area is 282 Å². The molecule has 0 spiro atoms. The lowest BCUT2D eigenvalue weighted by molar-refractivity contribution is -0.141. The molecule has 7 rings (SSSR count). The number of rotatable bonds is 10. The zero-order valence-electron chi connectivity index (χ0n) is 27.5. The molecule has 6 heterocycles. The summed E-state index contributed by atoms with van der Waals surface area (Å²) in [7, 11) is 1.77. The molecule has 2 amide bonds. The van der Waals surface area contributed by atoms with E-state index in [1.165, 1.54) is 6.20 Å². The van der Waals surface area contributed by atoms with Crippen LogP contribution in [0.25, 0.3) is 32.9 Å². The van der Waals surface area contributed by atoms with Crippen molar-refractivity contribution in [3.8, 4) is 11.1 Å². The number of fused-ring (bicyclic) bond motifs is 3. The Hall–Kier alpha value is -4.07. The summed E-state index contributed by atoms with van der Waals surface area (Å²) < 4.78 is 48.0. The van der Waals surface area contributed by atoms with E-state index in [4.69, 9.17) is 9.72 Å². The van der Waals surface area contributed by atoms with Crippen LogP contribution >= 0.6 is 0 Å². The van der Waals surface area contributed by atoms with E-state index >= 15 is 0 Å². The van der Waals surface area contributed by atoms with Crippen molar-refractivity contribution in [2.24, 2.45) is 18.9 Å². The lowest BCUT2D eigenvalue weighted by Gasteiger charge is -2.43. The van der Waals surface area contributed by atoms with Crippen molar-refractivity contribution in [1.29, 1.82) is 0 Å². The second-order valence-electron chi connectivity index (χ2n) is 13.6. The van der Waals surface area contributed by atoms with E-state index in [0.717, 1.165) is 92.3 Å². The van der Waals surface area contributed by atoms with Gasteiger partial charge in [0.05, 0.1) is 17.7 Å². The second kappa shape index (κ2) is 13.7. The van der Waals surface area contributed by atoms with Gasteiger partial charge in [-0.2, -0.15) is 13.2 Å². The van der Waals surface area contributed by atoms with E-state index in [2.05, 4.69) is 20.1 Å². The molecule has 2 unspecified atom stereocenters. The van der Waals surface area contributed by atoms with Crippen molar-refractivity contribution >= 4 is 39.4 Å². The van der Waals surface area contributed by atoms with Crippen LogP contribution in [0.15, 0.2) is 48.8 Å². The van der Waals surface area contributed by atoms with Crippen molar-refractivity contribution in [1.82, 2.24) is 24.8 Å². The zero-order chi connectivity index (χ0) is 34.3. The summed E-state index contributed by atoms with van der Waals surface area (Å²) in [5, 5.41) is 13.8. The highest BCUT2D eigenvalue weighted by Gasteiger charge is 2.35. The predicted octanol–water partition coefficient (Wildman–Crippen LogP) is 4.92. The first kappa shape index (κ1) is 33.4. The van der Waals surface area contributed by atoms with Crippen LogP contribution in [-0.2, 0) is 27.5 Å². The van der Waals surface area contributed by atoms with E-state index < -0.39 is 11.9 Å². The van der Waals surface area contributed by atoms with Gasteiger partial charge in [0, 0.05) is 86.4 Å². The van der Waals surface area contributed by atoms with Gasteiger partial charge in [0.15, 0.2) is 0 Å². The number of pyridine rings is 2. The molecule has 260 valence electrons. The van der Waals surface area contributed by atoms with E-state index in [1.807, 2.05) is 36.5 Å². The number of hydrogen-bond donors (Lipinski definition) is 2. The van der Waals surface area contributed by atoms with Gasteiger partial charge in [-0.15, -0.1) is 0 Å². The number of imide groups is 1. The van der Waals surface area contributed by atoms with Crippen molar-refractivity contribution in [2.45, 2.75) is 56.9 Å². The molecule has 0 saturated carbocycles. The minimum atomic E-state index is -4.50. The van der Waals surface area contributed by atoms with Gasteiger partial charge >= 0.3 is 6.18 Å². The van der Waals surface area contributed by atoms with E-state index in [1.54, 1.807) is 11.6 Å². The average Bonchev–Trinajstić information content (AvgIpc) is 3.35. The number of ether oxygens (including phenoxy) is 1. The number of carbonyl (C=O) groups excluding carboxylic acids is 2. The number of anilines is 1. The second-order valence-corrected chi connectivity index (χ2v) is 13.6. The summed E-state index contributed by atoms with van der Waals surface area (Å²) in [5.41, 5.74) is 2.26.